The molecule has 2 saturated heterocycles. The number of rotatable bonds is 7. The lowest BCUT2D eigenvalue weighted by molar-refractivity contribution is 0.00578. The summed E-state index contributed by atoms with van der Waals surface area (Å²) in [5, 5.41) is 0. The number of hydrogen-bond donors (Lipinski definition) is 2. The lowest BCUT2D eigenvalue weighted by atomic mass is 9.76. The maximum absolute atomic E-state index is 6.44. The van der Waals surface area contributed by atoms with Gasteiger partial charge in [-0.25, -0.2) is 0 Å². The van der Waals surface area contributed by atoms with Crippen molar-refractivity contribution in [3.05, 3.63) is 47.5 Å². The highest BCUT2D eigenvalue weighted by Gasteiger charge is 2.53. The summed E-state index contributed by atoms with van der Waals surface area (Å²) < 4.78 is 25.8. The summed E-state index contributed by atoms with van der Waals surface area (Å²) in [5.41, 5.74) is 11.4. The van der Waals surface area contributed by atoms with Crippen LogP contribution in [0.15, 0.2) is 36.4 Å². The van der Waals surface area contributed by atoms with Crippen molar-refractivity contribution in [3.63, 3.8) is 0 Å². The van der Waals surface area contributed by atoms with E-state index in [2.05, 4.69) is 130 Å². The zero-order valence-corrected chi connectivity index (χ0v) is 25.4. The molecule has 0 spiro atoms. The molecule has 8 heteroatoms. The second-order valence-corrected chi connectivity index (χ2v) is 13.4. The fourth-order valence-corrected chi connectivity index (χ4v) is 4.57. The van der Waals surface area contributed by atoms with Crippen LogP contribution in [0.2, 0.25) is 0 Å². The van der Waals surface area contributed by atoms with Crippen LogP contribution < -0.4 is 21.8 Å². The predicted molar refractivity (Wildman–Crippen MR) is 160 cm³/mol. The Balaban J connectivity index is 1.67. The highest BCUT2D eigenvalue weighted by molar-refractivity contribution is 6.64. The van der Waals surface area contributed by atoms with E-state index in [1.807, 2.05) is 0 Å². The Bertz CT molecular complexity index is 1050. The Morgan fingerprint density at radius 3 is 1.08 bits per heavy atom. The van der Waals surface area contributed by atoms with Crippen LogP contribution in [0.25, 0.3) is 0 Å². The van der Waals surface area contributed by atoms with E-state index in [0.29, 0.717) is 11.8 Å². The highest BCUT2D eigenvalue weighted by Crippen LogP contribution is 2.38. The molecule has 2 aliphatic heterocycles. The average Bonchev–Trinajstić information content (AvgIpc) is 3.16. The fourth-order valence-electron chi connectivity index (χ4n) is 4.57. The van der Waals surface area contributed by atoms with Crippen molar-refractivity contribution >= 4 is 36.5 Å². The van der Waals surface area contributed by atoms with Gasteiger partial charge in [-0.2, -0.15) is 0 Å². The minimum absolute atomic E-state index is 0.386. The van der Waals surface area contributed by atoms with Crippen molar-refractivity contribution in [2.24, 2.45) is 0 Å². The molecular weight excluding hydrogens is 474 g/mol. The molecular formula is C30H46B2N2O4. The van der Waals surface area contributed by atoms with Crippen molar-refractivity contribution < 1.29 is 18.6 Å². The summed E-state index contributed by atoms with van der Waals surface area (Å²) in [6.45, 7) is 25.4. The van der Waals surface area contributed by atoms with Gasteiger partial charge >= 0.3 is 14.2 Å². The maximum Gasteiger partial charge on any atom is 0.497 e. The summed E-state index contributed by atoms with van der Waals surface area (Å²) in [7, 11) is -0.956. The van der Waals surface area contributed by atoms with Gasteiger partial charge in [-0.05, 0) is 90.5 Å². The first-order chi connectivity index (χ1) is 17.4. The third-order valence-corrected chi connectivity index (χ3v) is 8.83. The van der Waals surface area contributed by atoms with Gasteiger partial charge in [0.25, 0.3) is 0 Å². The molecule has 2 fully saturated rings. The van der Waals surface area contributed by atoms with Crippen molar-refractivity contribution in [1.82, 2.24) is 0 Å². The minimum Gasteiger partial charge on any atom is -0.399 e. The number of benzene rings is 2. The van der Waals surface area contributed by atoms with E-state index in [0.717, 1.165) is 22.3 Å². The van der Waals surface area contributed by atoms with Crippen LogP contribution in [0.3, 0.4) is 0 Å². The van der Waals surface area contributed by atoms with Crippen LogP contribution in [0, 0.1) is 0 Å². The van der Waals surface area contributed by atoms with Gasteiger partial charge in [0.1, 0.15) is 0 Å². The van der Waals surface area contributed by atoms with Crippen LogP contribution in [0.5, 0.6) is 0 Å². The Kier molecular flexibility index (Phi) is 7.54. The largest absolute Gasteiger partial charge is 0.497 e. The molecule has 206 valence electrons. The average molecular weight is 520 g/mol. The van der Waals surface area contributed by atoms with E-state index in [1.165, 1.54) is 11.1 Å². The van der Waals surface area contributed by atoms with Crippen LogP contribution in [-0.4, -0.2) is 36.6 Å². The minimum atomic E-state index is -0.478. The molecule has 0 unspecified atom stereocenters. The molecule has 0 bridgehead atoms. The Hall–Kier alpha value is -1.99. The van der Waals surface area contributed by atoms with E-state index < -0.39 is 36.6 Å². The van der Waals surface area contributed by atoms with E-state index in [9.17, 15) is 0 Å². The van der Waals surface area contributed by atoms with Gasteiger partial charge in [0, 0.05) is 10.9 Å². The second-order valence-electron chi connectivity index (χ2n) is 13.4. The van der Waals surface area contributed by atoms with Gasteiger partial charge in [-0.1, -0.05) is 52.0 Å². The fraction of sp³-hybridized carbons (Fsp3) is 0.600. The van der Waals surface area contributed by atoms with Crippen LogP contribution in [0.4, 0.5) is 11.4 Å². The zero-order chi connectivity index (χ0) is 28.3. The molecule has 2 aliphatic rings. The molecule has 0 aromatic heterocycles. The van der Waals surface area contributed by atoms with Gasteiger partial charge in [0.2, 0.25) is 0 Å². The van der Waals surface area contributed by atoms with E-state index >= 15 is 0 Å². The Morgan fingerprint density at radius 1 is 0.526 bits per heavy atom. The summed E-state index contributed by atoms with van der Waals surface area (Å²) in [6, 6.07) is 12.9. The Labute approximate surface area is 230 Å². The molecule has 0 radical (unpaired) electrons. The first-order valence-corrected chi connectivity index (χ1v) is 13.9. The van der Waals surface area contributed by atoms with Crippen LogP contribution in [-0.2, 0) is 18.6 Å². The molecule has 2 N–H and O–H groups in total. The number of anilines is 2. The predicted octanol–water partition coefficient (Wildman–Crippen LogP) is 5.97. The van der Waals surface area contributed by atoms with Crippen LogP contribution in [0.1, 0.15) is 106 Å². The summed E-state index contributed by atoms with van der Waals surface area (Å²) in [5.74, 6) is 0.772. The lowest BCUT2D eigenvalue weighted by Crippen LogP contribution is -2.41. The van der Waals surface area contributed by atoms with Crippen molar-refractivity contribution in [2.45, 2.75) is 117 Å². The molecule has 0 aliphatic carbocycles. The summed E-state index contributed by atoms with van der Waals surface area (Å²) >= 11 is 0. The number of nitrogens with one attached hydrogen (secondary N) is 2. The van der Waals surface area contributed by atoms with Gasteiger partial charge < -0.3 is 29.5 Å². The smallest absolute Gasteiger partial charge is 0.399 e. The first kappa shape index (κ1) is 29.0. The number of hydrogen-bond acceptors (Lipinski definition) is 6. The molecule has 38 heavy (non-hydrogen) atoms. The quantitative estimate of drug-likeness (QED) is 0.347. The van der Waals surface area contributed by atoms with Crippen molar-refractivity contribution in [1.29, 1.82) is 0 Å². The SMILES string of the molecule is CC(C)c1ccc(NNc2ccc(C(C)C)cc2B2OC(C)(C)C(C)(C)O2)c(B2OC(C)(C)C(C)(C)O2)c1. The molecule has 2 aromatic rings. The second kappa shape index (κ2) is 9.88. The molecule has 4 rings (SSSR count). The molecule has 0 atom stereocenters. The maximum atomic E-state index is 6.44. The molecule has 0 amide bonds. The third-order valence-electron chi connectivity index (χ3n) is 8.83. The molecule has 2 heterocycles. The monoisotopic (exact) mass is 520 g/mol. The highest BCUT2D eigenvalue weighted by atomic mass is 16.7. The standard InChI is InChI=1S/C30H46B2N2O4/c1-19(2)21-13-15-25(23(17-21)31-35-27(5,6)28(7,8)36-31)33-34-26-16-14-22(20(3)4)18-24(26)32-37-29(9,10)30(11,12)38-32/h13-20,33-34H,1-12H3. The van der Waals surface area contributed by atoms with Crippen molar-refractivity contribution in [3.8, 4) is 0 Å². The van der Waals surface area contributed by atoms with Gasteiger partial charge in [0.15, 0.2) is 0 Å². The van der Waals surface area contributed by atoms with Gasteiger partial charge in [-0.15, -0.1) is 0 Å². The molecule has 6 nitrogen and oxygen atoms in total. The van der Waals surface area contributed by atoms with Gasteiger partial charge in [0.05, 0.1) is 33.8 Å². The normalized spacial score (nSPS) is 21.4. The summed E-state index contributed by atoms with van der Waals surface area (Å²) in [4.78, 5) is 0. The Morgan fingerprint density at radius 2 is 0.816 bits per heavy atom. The molecule has 0 saturated carbocycles. The van der Waals surface area contributed by atoms with E-state index in [1.54, 1.807) is 0 Å². The first-order valence-electron chi connectivity index (χ1n) is 13.9. The van der Waals surface area contributed by atoms with E-state index in [-0.39, 0.29) is 0 Å². The third kappa shape index (κ3) is 5.38. The lowest BCUT2D eigenvalue weighted by Gasteiger charge is -2.32. The summed E-state index contributed by atoms with van der Waals surface area (Å²) in [6.07, 6.45) is 0. The molecule has 2 aromatic carbocycles. The van der Waals surface area contributed by atoms with Crippen molar-refractivity contribution in [2.75, 3.05) is 10.9 Å². The zero-order valence-electron chi connectivity index (χ0n) is 25.4. The van der Waals surface area contributed by atoms with E-state index in [4.69, 9.17) is 18.6 Å². The van der Waals surface area contributed by atoms with Gasteiger partial charge in [-0.3, -0.25) is 0 Å². The number of hydrazine groups is 1. The van der Waals surface area contributed by atoms with Crippen LogP contribution >= 0.6 is 0 Å². The topological polar surface area (TPSA) is 61.0 Å².